The Labute approximate surface area is 300 Å². The van der Waals surface area contributed by atoms with Crippen LogP contribution in [-0.4, -0.2) is 95.0 Å². The van der Waals surface area contributed by atoms with Crippen molar-refractivity contribution < 1.29 is 49.0 Å². The summed E-state index contributed by atoms with van der Waals surface area (Å²) in [4.78, 5) is 42.6. The summed E-state index contributed by atoms with van der Waals surface area (Å²) in [6, 6.07) is 10.6. The molecule has 0 aromatic heterocycles. The van der Waals surface area contributed by atoms with Gasteiger partial charge in [0.2, 0.25) is 5.78 Å². The van der Waals surface area contributed by atoms with E-state index in [0.29, 0.717) is 5.56 Å². The Balaban J connectivity index is 0.00000504. The van der Waals surface area contributed by atoms with Gasteiger partial charge in [-0.25, -0.2) is 5.43 Å². The third kappa shape index (κ3) is 6.54. The number of nitrogens with two attached hydrogens (primary N) is 1. The fraction of sp³-hybridized carbons (Fsp3) is 0.389. The van der Waals surface area contributed by atoms with Crippen LogP contribution >= 0.6 is 12.4 Å². The van der Waals surface area contributed by atoms with Crippen LogP contribution in [0.25, 0.3) is 0 Å². The second-order valence-corrected chi connectivity index (χ2v) is 13.2. The summed E-state index contributed by atoms with van der Waals surface area (Å²) in [7, 11) is 5.09. The molecule has 3 aliphatic rings. The van der Waals surface area contributed by atoms with Crippen LogP contribution in [0.5, 0.6) is 17.2 Å². The molecular weight excluding hydrogens is 684 g/mol. The molecule has 0 bridgehead atoms. The first-order valence-electron chi connectivity index (χ1n) is 16.1. The van der Waals surface area contributed by atoms with Crippen molar-refractivity contribution in [3.8, 4) is 17.2 Å². The molecule has 14 nitrogen and oxygen atoms in total. The summed E-state index contributed by atoms with van der Waals surface area (Å²) in [5.41, 5.74) is 6.94. The third-order valence-corrected chi connectivity index (χ3v) is 9.79. The van der Waals surface area contributed by atoms with Crippen molar-refractivity contribution >= 4 is 41.3 Å². The zero-order valence-electron chi connectivity index (χ0n) is 28.7. The lowest BCUT2D eigenvalue weighted by atomic mass is 9.71. The summed E-state index contributed by atoms with van der Waals surface area (Å²) >= 11 is 0. The zero-order valence-corrected chi connectivity index (χ0v) is 29.5. The molecule has 6 atom stereocenters. The topological polar surface area (TPSA) is 213 Å². The van der Waals surface area contributed by atoms with E-state index in [1.54, 1.807) is 31.2 Å². The number of nitrogens with one attached hydrogen (secondary N) is 1. The van der Waals surface area contributed by atoms with E-state index in [2.05, 4.69) is 10.5 Å². The van der Waals surface area contributed by atoms with E-state index in [-0.39, 0.29) is 65.4 Å². The highest BCUT2D eigenvalue weighted by Gasteiger charge is 2.49. The number of ketones is 2. The number of benzene rings is 3. The number of phenolic OH excluding ortho intramolecular Hbond substituents is 2. The first-order valence-corrected chi connectivity index (χ1v) is 16.1. The SMILES string of the molecule is COc1cccc2c1C(=O)c1c(O)c3c(c(O)c1C2=O)C[C@@](O)(C(C)=NNC(=O)c1ccc(N(C)C)cc1)C[C@@H]3OC1CC(N)C(O)C(C)O1.Cl. The second-order valence-electron chi connectivity index (χ2n) is 13.2. The lowest BCUT2D eigenvalue weighted by molar-refractivity contribution is -0.245. The van der Waals surface area contributed by atoms with Crippen molar-refractivity contribution in [2.75, 3.05) is 26.1 Å². The first kappa shape index (κ1) is 37.7. The van der Waals surface area contributed by atoms with Crippen LogP contribution in [0.3, 0.4) is 0 Å². The molecule has 51 heavy (non-hydrogen) atoms. The first-order chi connectivity index (χ1) is 23.7. The monoisotopic (exact) mass is 724 g/mol. The largest absolute Gasteiger partial charge is 0.507 e. The van der Waals surface area contributed by atoms with Gasteiger partial charge in [-0.2, -0.15) is 5.10 Å². The molecule has 3 aromatic carbocycles. The molecule has 1 heterocycles. The highest BCUT2D eigenvalue weighted by molar-refractivity contribution is 6.31. The van der Waals surface area contributed by atoms with E-state index in [1.807, 2.05) is 19.0 Å². The van der Waals surface area contributed by atoms with Gasteiger partial charge in [0.25, 0.3) is 5.91 Å². The number of carbonyl (C=O) groups excluding carboxylic acids is 3. The number of methoxy groups -OCH3 is 1. The number of hydrogen-bond donors (Lipinski definition) is 6. The molecule has 1 saturated heterocycles. The maximum absolute atomic E-state index is 13.9. The molecular formula is C36H41ClN4O10. The van der Waals surface area contributed by atoms with Gasteiger partial charge in [0.05, 0.1) is 47.8 Å². The van der Waals surface area contributed by atoms with Gasteiger partial charge in [-0.3, -0.25) is 14.4 Å². The molecule has 3 aromatic rings. The molecule has 15 heteroatoms. The minimum Gasteiger partial charge on any atom is -0.507 e. The summed E-state index contributed by atoms with van der Waals surface area (Å²) in [5, 5.41) is 50.2. The van der Waals surface area contributed by atoms with Gasteiger partial charge in [0.1, 0.15) is 22.8 Å². The number of ether oxygens (including phenoxy) is 3. The van der Waals surface area contributed by atoms with Crippen LogP contribution in [0.2, 0.25) is 0 Å². The van der Waals surface area contributed by atoms with E-state index >= 15 is 0 Å². The van der Waals surface area contributed by atoms with Gasteiger partial charge in [0, 0.05) is 67.3 Å². The Kier molecular flexibility index (Phi) is 10.5. The van der Waals surface area contributed by atoms with Gasteiger partial charge in [0.15, 0.2) is 12.1 Å². The Hall–Kier alpha value is -4.57. The van der Waals surface area contributed by atoms with Crippen molar-refractivity contribution in [2.24, 2.45) is 10.8 Å². The highest BCUT2D eigenvalue weighted by atomic mass is 35.5. The number of amides is 1. The third-order valence-electron chi connectivity index (χ3n) is 9.79. The van der Waals surface area contributed by atoms with E-state index in [4.69, 9.17) is 19.9 Å². The second kappa shape index (κ2) is 14.2. The Bertz CT molecular complexity index is 1900. The minimum absolute atomic E-state index is 0. The van der Waals surface area contributed by atoms with Gasteiger partial charge in [-0.05, 0) is 44.2 Å². The summed E-state index contributed by atoms with van der Waals surface area (Å²) < 4.78 is 17.5. The van der Waals surface area contributed by atoms with Crippen molar-refractivity contribution in [1.29, 1.82) is 0 Å². The average molecular weight is 725 g/mol. The van der Waals surface area contributed by atoms with Crippen molar-refractivity contribution in [3.63, 3.8) is 0 Å². The van der Waals surface area contributed by atoms with Crippen LogP contribution in [0.15, 0.2) is 47.6 Å². The van der Waals surface area contributed by atoms with Gasteiger partial charge < -0.3 is 45.3 Å². The molecule has 0 spiro atoms. The number of anilines is 1. The molecule has 2 aliphatic carbocycles. The van der Waals surface area contributed by atoms with Gasteiger partial charge in [-0.15, -0.1) is 12.4 Å². The average Bonchev–Trinajstić information content (AvgIpc) is 3.09. The molecule has 7 N–H and O–H groups in total. The number of carbonyl (C=O) groups is 3. The number of hydrogen-bond acceptors (Lipinski definition) is 13. The number of aliphatic hydroxyl groups excluding tert-OH is 1. The maximum Gasteiger partial charge on any atom is 0.271 e. The zero-order chi connectivity index (χ0) is 36.2. The van der Waals surface area contributed by atoms with Crippen LogP contribution in [-0.2, 0) is 15.9 Å². The molecule has 272 valence electrons. The maximum atomic E-state index is 13.9. The normalized spacial score (nSPS) is 25.6. The van der Waals surface area contributed by atoms with Crippen molar-refractivity contribution in [3.05, 3.63) is 81.4 Å². The smallest absolute Gasteiger partial charge is 0.271 e. The van der Waals surface area contributed by atoms with E-state index in [9.17, 15) is 34.8 Å². The molecule has 4 unspecified atom stereocenters. The lowest BCUT2D eigenvalue weighted by Gasteiger charge is -2.42. The number of aromatic hydroxyl groups is 2. The van der Waals surface area contributed by atoms with E-state index < -0.39 is 76.3 Å². The predicted octanol–water partition coefficient (Wildman–Crippen LogP) is 2.73. The molecule has 1 amide bonds. The van der Waals surface area contributed by atoms with E-state index in [0.717, 1.165) is 5.69 Å². The minimum atomic E-state index is -1.90. The molecule has 0 radical (unpaired) electrons. The Morgan fingerprint density at radius 2 is 1.73 bits per heavy atom. The molecule has 1 fully saturated rings. The van der Waals surface area contributed by atoms with E-state index in [1.165, 1.54) is 32.2 Å². The Morgan fingerprint density at radius 1 is 1.06 bits per heavy atom. The fourth-order valence-corrected chi connectivity index (χ4v) is 6.88. The number of nitrogens with zero attached hydrogens (tertiary/aromatic N) is 2. The van der Waals surface area contributed by atoms with Gasteiger partial charge >= 0.3 is 0 Å². The summed E-state index contributed by atoms with van der Waals surface area (Å²) in [5.74, 6) is -3.11. The summed E-state index contributed by atoms with van der Waals surface area (Å²) in [6.45, 7) is 3.10. The van der Waals surface area contributed by atoms with Crippen LogP contribution in [0.4, 0.5) is 5.69 Å². The molecule has 0 saturated carbocycles. The standard InChI is InChI=1S/C36H40N4O10.ClH/c1-16-30(41)22(37)13-25(49-16)50-24-15-36(47,17(2)38-39-35(46)18-9-11-19(12-10-18)40(3)4)14-21-27(24)34(45)29-28(32(21)43)31(42)20-7-6-8-23(48-5)26(20)33(29)44;/h6-12,16,22,24-25,30,41,43,45,47H,13-15,37H2,1-5H3,(H,39,46);1H/t16?,22?,24-,25?,30?,36-;/m0./s1. The van der Waals surface area contributed by atoms with Gasteiger partial charge in [-0.1, -0.05) is 12.1 Å². The fourth-order valence-electron chi connectivity index (χ4n) is 6.88. The highest BCUT2D eigenvalue weighted by Crippen LogP contribution is 2.52. The van der Waals surface area contributed by atoms with Crippen molar-refractivity contribution in [1.82, 2.24) is 5.43 Å². The Morgan fingerprint density at radius 3 is 2.35 bits per heavy atom. The number of phenols is 2. The van der Waals surface area contributed by atoms with Crippen LogP contribution in [0, 0.1) is 0 Å². The van der Waals surface area contributed by atoms with Crippen LogP contribution in [0.1, 0.15) is 86.1 Å². The molecule has 6 rings (SSSR count). The number of halogens is 1. The lowest BCUT2D eigenvalue weighted by Crippen LogP contribution is -2.52. The van der Waals surface area contributed by atoms with Crippen LogP contribution < -0.4 is 20.8 Å². The predicted molar refractivity (Wildman–Crippen MR) is 188 cm³/mol. The quantitative estimate of drug-likeness (QED) is 0.0923. The summed E-state index contributed by atoms with van der Waals surface area (Å²) in [6.07, 6.45) is -4.56. The number of aliphatic hydroxyl groups is 2. The number of fused-ring (bicyclic) bond motifs is 3. The number of hydrazone groups is 1. The number of rotatable bonds is 7. The van der Waals surface area contributed by atoms with Crippen molar-refractivity contribution in [2.45, 2.75) is 69.4 Å². The molecule has 1 aliphatic heterocycles.